The van der Waals surface area contributed by atoms with Crippen molar-refractivity contribution in [3.63, 3.8) is 0 Å². The lowest BCUT2D eigenvalue weighted by molar-refractivity contribution is 0.0985. The van der Waals surface area contributed by atoms with E-state index in [1.165, 1.54) is 0 Å². The Hall–Kier alpha value is -3.60. The summed E-state index contributed by atoms with van der Waals surface area (Å²) in [5.74, 6) is 0. The molecule has 0 aliphatic carbocycles. The number of pyridine rings is 1. The second kappa shape index (κ2) is 7.58. The van der Waals surface area contributed by atoms with Gasteiger partial charge in [0, 0.05) is 30.9 Å². The van der Waals surface area contributed by atoms with E-state index in [1.807, 2.05) is 53.2 Å². The van der Waals surface area contributed by atoms with Gasteiger partial charge in [-0.25, -0.2) is 9.78 Å². The Balaban J connectivity index is 1.70. The molecule has 1 N–H and O–H groups in total. The van der Waals surface area contributed by atoms with E-state index in [4.69, 9.17) is 4.98 Å². The number of imidazole rings is 1. The van der Waals surface area contributed by atoms with E-state index in [9.17, 15) is 9.90 Å². The third-order valence-electron chi connectivity index (χ3n) is 6.43. The number of hydrogen-bond acceptors (Lipinski definition) is 2. The molecule has 5 rings (SSSR count). The fourth-order valence-corrected chi connectivity index (χ4v) is 4.96. The van der Waals surface area contributed by atoms with Gasteiger partial charge in [-0.3, -0.25) is 4.90 Å². The Morgan fingerprint density at radius 2 is 1.77 bits per heavy atom. The number of likely N-dealkylation sites (tertiary alicyclic amines) is 1. The van der Waals surface area contributed by atoms with E-state index in [0.717, 1.165) is 46.4 Å². The van der Waals surface area contributed by atoms with Gasteiger partial charge in [0.1, 0.15) is 5.65 Å². The quantitative estimate of drug-likeness (QED) is 0.481. The first kappa shape index (κ1) is 19.4. The molecule has 1 atom stereocenters. The van der Waals surface area contributed by atoms with Crippen LogP contribution in [-0.4, -0.2) is 32.0 Å². The van der Waals surface area contributed by atoms with Crippen molar-refractivity contribution in [2.24, 2.45) is 0 Å². The molecule has 4 aromatic rings. The number of aryl methyl sites for hydroxylation is 1. The zero-order chi connectivity index (χ0) is 21.4. The van der Waals surface area contributed by atoms with Gasteiger partial charge < -0.3 is 9.51 Å². The summed E-state index contributed by atoms with van der Waals surface area (Å²) >= 11 is 0. The van der Waals surface area contributed by atoms with Crippen LogP contribution in [0.3, 0.4) is 0 Å². The first-order valence-electron chi connectivity index (χ1n) is 10.7. The van der Waals surface area contributed by atoms with Crippen LogP contribution in [-0.2, 0) is 12.0 Å². The van der Waals surface area contributed by atoms with Crippen LogP contribution in [0, 0.1) is 6.92 Å². The molecule has 2 aromatic heterocycles. The molecule has 2 aromatic carbocycles. The third-order valence-corrected chi connectivity index (χ3v) is 6.43. The van der Waals surface area contributed by atoms with Crippen molar-refractivity contribution in [3.8, 4) is 11.1 Å². The van der Waals surface area contributed by atoms with Crippen molar-refractivity contribution in [2.45, 2.75) is 31.7 Å². The van der Waals surface area contributed by atoms with Gasteiger partial charge in [-0.2, -0.15) is 0 Å². The maximum Gasteiger partial charge on any atom is 0.408 e. The van der Waals surface area contributed by atoms with Gasteiger partial charge >= 0.3 is 6.09 Å². The number of carboxylic acid groups (broad SMARTS) is 1. The largest absolute Gasteiger partial charge is 0.465 e. The predicted octanol–water partition coefficient (Wildman–Crippen LogP) is 5.52. The molecule has 0 saturated carbocycles. The highest BCUT2D eigenvalue weighted by molar-refractivity contribution is 5.80. The molecule has 1 aliphatic rings. The summed E-state index contributed by atoms with van der Waals surface area (Å²) in [6.07, 6.45) is 5.36. The molecule has 0 radical (unpaired) electrons. The van der Waals surface area contributed by atoms with Crippen LogP contribution in [0.5, 0.6) is 0 Å². The highest BCUT2D eigenvalue weighted by atomic mass is 16.4. The summed E-state index contributed by atoms with van der Waals surface area (Å²) < 4.78 is 2.04. The van der Waals surface area contributed by atoms with E-state index >= 15 is 0 Å². The summed E-state index contributed by atoms with van der Waals surface area (Å²) in [5, 5.41) is 10.0. The van der Waals surface area contributed by atoms with Gasteiger partial charge in [0.05, 0.1) is 11.2 Å². The minimum atomic E-state index is -0.884. The van der Waals surface area contributed by atoms with E-state index in [0.29, 0.717) is 13.0 Å². The van der Waals surface area contributed by atoms with Gasteiger partial charge in [-0.15, -0.1) is 0 Å². The van der Waals surface area contributed by atoms with Crippen molar-refractivity contribution >= 4 is 11.7 Å². The van der Waals surface area contributed by atoms with Crippen molar-refractivity contribution in [1.82, 2.24) is 14.3 Å². The fourth-order valence-electron chi connectivity index (χ4n) is 4.96. The maximum absolute atomic E-state index is 12.2. The zero-order valence-corrected chi connectivity index (χ0v) is 17.5. The van der Waals surface area contributed by atoms with Crippen molar-refractivity contribution in [3.05, 3.63) is 95.9 Å². The molecule has 3 heterocycles. The monoisotopic (exact) mass is 411 g/mol. The van der Waals surface area contributed by atoms with Crippen LogP contribution in [0.4, 0.5) is 4.79 Å². The number of hydrogen-bond donors (Lipinski definition) is 1. The molecule has 1 aliphatic heterocycles. The fraction of sp³-hybridized carbons (Fsp3) is 0.231. The Labute approximate surface area is 181 Å². The molecule has 156 valence electrons. The van der Waals surface area contributed by atoms with E-state index in [2.05, 4.69) is 37.3 Å². The minimum Gasteiger partial charge on any atom is -0.465 e. The summed E-state index contributed by atoms with van der Waals surface area (Å²) in [6.45, 7) is 2.62. The van der Waals surface area contributed by atoms with Crippen LogP contribution in [0.2, 0.25) is 0 Å². The molecule has 1 amide bonds. The van der Waals surface area contributed by atoms with Crippen LogP contribution in [0.15, 0.2) is 79.1 Å². The van der Waals surface area contributed by atoms with E-state index in [-0.39, 0.29) is 0 Å². The molecule has 0 bridgehead atoms. The number of aromatic nitrogens is 2. The molecule has 1 fully saturated rings. The van der Waals surface area contributed by atoms with Gasteiger partial charge in [-0.05, 0) is 42.5 Å². The van der Waals surface area contributed by atoms with Crippen LogP contribution >= 0.6 is 0 Å². The summed E-state index contributed by atoms with van der Waals surface area (Å²) in [5.41, 5.74) is 5.48. The molecule has 31 heavy (non-hydrogen) atoms. The lowest BCUT2D eigenvalue weighted by Gasteiger charge is -2.35. The number of rotatable bonds is 4. The Morgan fingerprint density at radius 1 is 1.06 bits per heavy atom. The first-order valence-corrected chi connectivity index (χ1v) is 10.7. The van der Waals surface area contributed by atoms with Crippen molar-refractivity contribution in [2.75, 3.05) is 6.54 Å². The van der Waals surface area contributed by atoms with E-state index < -0.39 is 11.6 Å². The second-order valence-electron chi connectivity index (χ2n) is 8.33. The molecule has 5 heteroatoms. The molecule has 1 saturated heterocycles. The Kier molecular flexibility index (Phi) is 4.74. The van der Waals surface area contributed by atoms with Crippen LogP contribution < -0.4 is 0 Å². The normalized spacial score (nSPS) is 18.5. The highest BCUT2D eigenvalue weighted by Crippen LogP contribution is 2.42. The number of nitrogens with zero attached hydrogens (tertiary/aromatic N) is 3. The first-order chi connectivity index (χ1) is 15.1. The Bertz CT molecular complexity index is 1230. The molecular formula is C26H25N3O2. The highest BCUT2D eigenvalue weighted by Gasteiger charge is 2.47. The lowest BCUT2D eigenvalue weighted by atomic mass is 9.85. The number of carbonyl (C=O) groups is 1. The standard InChI is InChI=1S/C26H25N3O2/c1-19-13-16-28-18-22(27-24(28)23(19)21-11-6-3-7-12-21)26(14-8-15-29(26)25(30)31)17-20-9-4-2-5-10-20/h2-7,9-13,16,18H,8,14-15,17H2,1H3,(H,30,31)/t26-/m0/s1. The topological polar surface area (TPSA) is 57.8 Å². The molecule has 5 nitrogen and oxygen atoms in total. The van der Waals surface area contributed by atoms with Gasteiger partial charge in [-0.1, -0.05) is 60.7 Å². The molecule has 0 unspecified atom stereocenters. The lowest BCUT2D eigenvalue weighted by Crippen LogP contribution is -2.46. The van der Waals surface area contributed by atoms with Gasteiger partial charge in [0.25, 0.3) is 0 Å². The summed E-state index contributed by atoms with van der Waals surface area (Å²) in [6, 6.07) is 22.5. The van der Waals surface area contributed by atoms with Crippen molar-refractivity contribution in [1.29, 1.82) is 0 Å². The Morgan fingerprint density at radius 3 is 2.48 bits per heavy atom. The third kappa shape index (κ3) is 3.26. The number of amides is 1. The second-order valence-corrected chi connectivity index (χ2v) is 8.33. The van der Waals surface area contributed by atoms with Crippen molar-refractivity contribution < 1.29 is 9.90 Å². The molecule has 0 spiro atoms. The average molecular weight is 412 g/mol. The summed E-state index contributed by atoms with van der Waals surface area (Å²) in [4.78, 5) is 18.9. The van der Waals surface area contributed by atoms with Crippen LogP contribution in [0.25, 0.3) is 16.8 Å². The average Bonchev–Trinajstić information content (AvgIpc) is 3.40. The smallest absolute Gasteiger partial charge is 0.408 e. The molecular weight excluding hydrogens is 386 g/mol. The maximum atomic E-state index is 12.2. The number of benzene rings is 2. The minimum absolute atomic E-state index is 0.528. The van der Waals surface area contributed by atoms with Crippen LogP contribution in [0.1, 0.15) is 29.7 Å². The van der Waals surface area contributed by atoms with Gasteiger partial charge in [0.15, 0.2) is 0 Å². The zero-order valence-electron chi connectivity index (χ0n) is 17.5. The predicted molar refractivity (Wildman–Crippen MR) is 121 cm³/mol. The van der Waals surface area contributed by atoms with Gasteiger partial charge in [0.2, 0.25) is 0 Å². The SMILES string of the molecule is Cc1ccn2cc([C@@]3(Cc4ccccc4)CCCN3C(=O)O)nc2c1-c1ccccc1. The number of fused-ring (bicyclic) bond motifs is 1. The summed E-state index contributed by atoms with van der Waals surface area (Å²) in [7, 11) is 0. The van der Waals surface area contributed by atoms with E-state index in [1.54, 1.807) is 4.90 Å².